The van der Waals surface area contributed by atoms with Crippen LogP contribution in [-0.2, 0) is 0 Å². The Kier molecular flexibility index (Phi) is 5.54. The van der Waals surface area contributed by atoms with Gasteiger partial charge in [-0.2, -0.15) is 0 Å². The maximum atomic E-state index is 6.22. The average Bonchev–Trinajstić information content (AvgIpc) is 3.46. The SMILES string of the molecule is c1ccc2cc(-c3cccc4cccc(N(c5ccc6ccccc6c5)c5ccc6oc7ccccc7c6c5)c34)ccc2c1. The van der Waals surface area contributed by atoms with Gasteiger partial charge in [-0.25, -0.2) is 0 Å². The Labute approximate surface area is 255 Å². The summed E-state index contributed by atoms with van der Waals surface area (Å²) >= 11 is 0. The first-order valence-electron chi connectivity index (χ1n) is 15.0. The molecule has 0 atom stereocenters. The molecule has 0 aliphatic rings. The first kappa shape index (κ1) is 24.7. The molecule has 8 aromatic carbocycles. The topological polar surface area (TPSA) is 16.4 Å². The molecule has 0 radical (unpaired) electrons. The van der Waals surface area contributed by atoms with Crippen molar-refractivity contribution < 1.29 is 4.42 Å². The van der Waals surface area contributed by atoms with E-state index in [0.29, 0.717) is 0 Å². The first-order valence-corrected chi connectivity index (χ1v) is 15.0. The third-order valence-corrected chi connectivity index (χ3v) is 8.79. The number of furan rings is 1. The number of hydrogen-bond acceptors (Lipinski definition) is 2. The summed E-state index contributed by atoms with van der Waals surface area (Å²) in [5, 5.41) is 9.57. The second-order valence-electron chi connectivity index (χ2n) is 11.4. The molecule has 0 aliphatic heterocycles. The average molecular weight is 562 g/mol. The summed E-state index contributed by atoms with van der Waals surface area (Å²) in [4.78, 5) is 2.40. The molecule has 9 aromatic rings. The van der Waals surface area contributed by atoms with Crippen LogP contribution in [0.25, 0.3) is 65.4 Å². The first-order chi connectivity index (χ1) is 21.8. The van der Waals surface area contributed by atoms with Crippen molar-refractivity contribution in [2.24, 2.45) is 0 Å². The molecule has 2 nitrogen and oxygen atoms in total. The molecule has 0 fully saturated rings. The Morgan fingerprint density at radius 2 is 1.00 bits per heavy atom. The zero-order chi connectivity index (χ0) is 29.0. The Hall–Kier alpha value is -5.86. The van der Waals surface area contributed by atoms with Gasteiger partial charge in [0, 0.05) is 27.5 Å². The van der Waals surface area contributed by atoms with E-state index < -0.39 is 0 Å². The number of rotatable bonds is 4. The summed E-state index contributed by atoms with van der Waals surface area (Å²) in [6, 6.07) is 58.8. The molecule has 0 spiro atoms. The number of nitrogens with zero attached hydrogens (tertiary/aromatic N) is 1. The van der Waals surface area contributed by atoms with Gasteiger partial charge in [0.05, 0.1) is 5.69 Å². The number of anilines is 3. The van der Waals surface area contributed by atoms with Crippen LogP contribution in [0.2, 0.25) is 0 Å². The third-order valence-electron chi connectivity index (χ3n) is 8.79. The fourth-order valence-corrected chi connectivity index (χ4v) is 6.70. The van der Waals surface area contributed by atoms with Crippen molar-refractivity contribution in [1.82, 2.24) is 0 Å². The quantitative estimate of drug-likeness (QED) is 0.212. The van der Waals surface area contributed by atoms with Crippen molar-refractivity contribution >= 4 is 71.3 Å². The molecule has 206 valence electrons. The van der Waals surface area contributed by atoms with E-state index in [0.717, 1.165) is 39.0 Å². The van der Waals surface area contributed by atoms with Gasteiger partial charge >= 0.3 is 0 Å². The smallest absolute Gasteiger partial charge is 0.135 e. The van der Waals surface area contributed by atoms with E-state index in [2.05, 4.69) is 157 Å². The molecule has 9 rings (SSSR count). The lowest BCUT2D eigenvalue weighted by Gasteiger charge is -2.28. The molecule has 2 heteroatoms. The fourth-order valence-electron chi connectivity index (χ4n) is 6.70. The zero-order valence-electron chi connectivity index (χ0n) is 23.9. The van der Waals surface area contributed by atoms with Crippen molar-refractivity contribution in [3.05, 3.63) is 164 Å². The zero-order valence-corrected chi connectivity index (χ0v) is 23.9. The third kappa shape index (κ3) is 3.96. The van der Waals surface area contributed by atoms with Crippen molar-refractivity contribution in [3.63, 3.8) is 0 Å². The summed E-state index contributed by atoms with van der Waals surface area (Å²) in [7, 11) is 0. The number of hydrogen-bond donors (Lipinski definition) is 0. The molecule has 0 unspecified atom stereocenters. The Balaban J connectivity index is 1.34. The molecule has 0 bridgehead atoms. The molecule has 0 N–H and O–H groups in total. The lowest BCUT2D eigenvalue weighted by molar-refractivity contribution is 0.669. The molecule has 0 saturated carbocycles. The van der Waals surface area contributed by atoms with Crippen LogP contribution >= 0.6 is 0 Å². The minimum atomic E-state index is 0.892. The normalized spacial score (nSPS) is 11.6. The summed E-state index contributed by atoms with van der Waals surface area (Å²) in [6.45, 7) is 0. The van der Waals surface area contributed by atoms with E-state index in [1.807, 2.05) is 12.1 Å². The molecular weight excluding hydrogens is 534 g/mol. The van der Waals surface area contributed by atoms with E-state index in [4.69, 9.17) is 4.42 Å². The standard InChI is InChI=1S/C42H27NO/c1-3-11-31-25-33(20-19-28(31)9-1)36-16-7-13-30-14-8-17-39(42(30)36)43(34-22-21-29-10-2-4-12-32(29)26-34)35-23-24-41-38(27-35)37-15-5-6-18-40(37)44-41/h1-27H. The van der Waals surface area contributed by atoms with Gasteiger partial charge in [-0.3, -0.25) is 0 Å². The molecular formula is C42H27NO. The monoisotopic (exact) mass is 561 g/mol. The molecule has 0 aliphatic carbocycles. The maximum Gasteiger partial charge on any atom is 0.135 e. The predicted molar refractivity (Wildman–Crippen MR) is 186 cm³/mol. The van der Waals surface area contributed by atoms with Gasteiger partial charge in [0.25, 0.3) is 0 Å². The summed E-state index contributed by atoms with van der Waals surface area (Å²) < 4.78 is 6.22. The number of benzene rings is 8. The van der Waals surface area contributed by atoms with E-state index in [9.17, 15) is 0 Å². The maximum absolute atomic E-state index is 6.22. The van der Waals surface area contributed by atoms with Crippen LogP contribution in [-0.4, -0.2) is 0 Å². The fraction of sp³-hybridized carbons (Fsp3) is 0. The lowest BCUT2D eigenvalue weighted by Crippen LogP contribution is -2.10. The van der Waals surface area contributed by atoms with Crippen molar-refractivity contribution in [1.29, 1.82) is 0 Å². The molecule has 0 amide bonds. The highest BCUT2D eigenvalue weighted by atomic mass is 16.3. The minimum absolute atomic E-state index is 0.892. The van der Waals surface area contributed by atoms with Gasteiger partial charge in [-0.05, 0) is 86.6 Å². The second kappa shape index (κ2) is 9.86. The summed E-state index contributed by atoms with van der Waals surface area (Å²) in [5.41, 5.74) is 7.54. The summed E-state index contributed by atoms with van der Waals surface area (Å²) in [5.74, 6) is 0. The van der Waals surface area contributed by atoms with Crippen molar-refractivity contribution in [3.8, 4) is 11.1 Å². The highest BCUT2D eigenvalue weighted by molar-refractivity contribution is 6.11. The molecule has 1 aromatic heterocycles. The van der Waals surface area contributed by atoms with Crippen molar-refractivity contribution in [2.75, 3.05) is 4.90 Å². The van der Waals surface area contributed by atoms with Gasteiger partial charge in [-0.1, -0.05) is 115 Å². The second-order valence-corrected chi connectivity index (χ2v) is 11.4. The van der Waals surface area contributed by atoms with Crippen LogP contribution in [0.5, 0.6) is 0 Å². The van der Waals surface area contributed by atoms with Crippen molar-refractivity contribution in [2.45, 2.75) is 0 Å². The highest BCUT2D eigenvalue weighted by Gasteiger charge is 2.20. The molecule has 0 saturated heterocycles. The van der Waals surface area contributed by atoms with Crippen LogP contribution in [0.1, 0.15) is 0 Å². The number of fused-ring (bicyclic) bond motifs is 6. The van der Waals surface area contributed by atoms with Gasteiger partial charge in [0.15, 0.2) is 0 Å². The van der Waals surface area contributed by atoms with Gasteiger partial charge in [0.1, 0.15) is 11.2 Å². The highest BCUT2D eigenvalue weighted by Crippen LogP contribution is 2.45. The lowest BCUT2D eigenvalue weighted by atomic mass is 9.94. The Morgan fingerprint density at radius 1 is 0.386 bits per heavy atom. The van der Waals surface area contributed by atoms with E-state index >= 15 is 0 Å². The minimum Gasteiger partial charge on any atom is -0.456 e. The van der Waals surface area contributed by atoms with Crippen LogP contribution < -0.4 is 4.90 Å². The Bertz CT molecular complexity index is 2520. The molecule has 44 heavy (non-hydrogen) atoms. The number of para-hydroxylation sites is 1. The van der Waals surface area contributed by atoms with Gasteiger partial charge in [0.2, 0.25) is 0 Å². The van der Waals surface area contributed by atoms with E-state index in [-0.39, 0.29) is 0 Å². The van der Waals surface area contributed by atoms with Crippen LogP contribution in [0.15, 0.2) is 168 Å². The van der Waals surface area contributed by atoms with Crippen LogP contribution in [0.3, 0.4) is 0 Å². The van der Waals surface area contributed by atoms with E-state index in [1.165, 1.54) is 43.4 Å². The summed E-state index contributed by atoms with van der Waals surface area (Å²) in [6.07, 6.45) is 0. The van der Waals surface area contributed by atoms with Gasteiger partial charge in [-0.15, -0.1) is 0 Å². The van der Waals surface area contributed by atoms with Crippen LogP contribution in [0.4, 0.5) is 17.1 Å². The largest absolute Gasteiger partial charge is 0.456 e. The van der Waals surface area contributed by atoms with Gasteiger partial charge < -0.3 is 9.32 Å². The van der Waals surface area contributed by atoms with Crippen LogP contribution in [0, 0.1) is 0 Å². The predicted octanol–water partition coefficient (Wildman–Crippen LogP) is 12.2. The molecule has 1 heterocycles. The Morgan fingerprint density at radius 3 is 1.84 bits per heavy atom. The van der Waals surface area contributed by atoms with E-state index in [1.54, 1.807) is 0 Å².